The normalized spacial score (nSPS) is 12.5. The highest BCUT2D eigenvalue weighted by molar-refractivity contribution is 7.99. The molecule has 5 heteroatoms. The maximum absolute atomic E-state index is 13.6. The zero-order valence-corrected chi connectivity index (χ0v) is 13.3. The number of aryl methyl sites for hydroxylation is 1. The van der Waals surface area contributed by atoms with Crippen LogP contribution in [-0.4, -0.2) is 5.11 Å². The minimum absolute atomic E-state index is 0.320. The van der Waals surface area contributed by atoms with E-state index >= 15 is 0 Å². The minimum Gasteiger partial charge on any atom is -0.389 e. The lowest BCUT2D eigenvalue weighted by Crippen LogP contribution is -1.97. The fourth-order valence-electron chi connectivity index (χ4n) is 1.75. The lowest BCUT2D eigenvalue weighted by molar-refractivity contribution is 0.196. The molecule has 0 saturated carbocycles. The highest BCUT2D eigenvalue weighted by atomic mass is 35.5. The second kappa shape index (κ2) is 6.35. The maximum atomic E-state index is 13.6. The first kappa shape index (κ1) is 15.6. The molecule has 0 aliphatic heterocycles. The van der Waals surface area contributed by atoms with Gasteiger partial charge in [0.25, 0.3) is 0 Å². The Morgan fingerprint density at radius 2 is 1.85 bits per heavy atom. The number of aliphatic hydroxyl groups is 1. The Hall–Kier alpha value is -0.740. The van der Waals surface area contributed by atoms with Gasteiger partial charge >= 0.3 is 0 Å². The highest BCUT2D eigenvalue weighted by Gasteiger charge is 2.13. The molecular weight excluding hydrogens is 318 g/mol. The van der Waals surface area contributed by atoms with Crippen molar-refractivity contribution in [2.45, 2.75) is 29.7 Å². The Kier molecular flexibility index (Phi) is 4.97. The quantitative estimate of drug-likeness (QED) is 0.785. The molecule has 2 aromatic carbocycles. The topological polar surface area (TPSA) is 20.2 Å². The van der Waals surface area contributed by atoms with Crippen molar-refractivity contribution >= 4 is 35.0 Å². The number of benzene rings is 2. The molecule has 0 saturated heterocycles. The summed E-state index contributed by atoms with van der Waals surface area (Å²) in [5.74, 6) is -0.320. The second-order valence-corrected chi connectivity index (χ2v) is 6.42. The van der Waals surface area contributed by atoms with E-state index in [0.29, 0.717) is 21.2 Å². The van der Waals surface area contributed by atoms with Crippen LogP contribution in [0.2, 0.25) is 10.0 Å². The molecule has 0 amide bonds. The van der Waals surface area contributed by atoms with E-state index in [9.17, 15) is 9.50 Å². The van der Waals surface area contributed by atoms with Gasteiger partial charge in [-0.3, -0.25) is 0 Å². The lowest BCUT2D eigenvalue weighted by atomic mass is 10.1. The van der Waals surface area contributed by atoms with E-state index in [1.807, 2.05) is 6.07 Å². The van der Waals surface area contributed by atoms with Gasteiger partial charge in [-0.25, -0.2) is 4.39 Å². The van der Waals surface area contributed by atoms with Crippen molar-refractivity contribution in [1.29, 1.82) is 0 Å². The molecule has 20 heavy (non-hydrogen) atoms. The Morgan fingerprint density at radius 3 is 2.45 bits per heavy atom. The van der Waals surface area contributed by atoms with E-state index < -0.39 is 6.10 Å². The van der Waals surface area contributed by atoms with Gasteiger partial charge in [0.15, 0.2) is 0 Å². The average molecular weight is 331 g/mol. The van der Waals surface area contributed by atoms with Gasteiger partial charge in [-0.2, -0.15) is 0 Å². The van der Waals surface area contributed by atoms with Gasteiger partial charge < -0.3 is 5.11 Å². The van der Waals surface area contributed by atoms with E-state index in [0.717, 1.165) is 9.79 Å². The molecule has 0 aromatic heterocycles. The third-order valence-electron chi connectivity index (χ3n) is 2.86. The molecule has 1 atom stereocenters. The SMILES string of the molecule is Cc1cc(Sc2ccc(Cl)c(Cl)c2)c(C(C)O)cc1F. The van der Waals surface area contributed by atoms with Crippen LogP contribution in [0.25, 0.3) is 0 Å². The molecule has 0 spiro atoms. The van der Waals surface area contributed by atoms with Crippen molar-refractivity contribution in [2.75, 3.05) is 0 Å². The zero-order valence-electron chi connectivity index (χ0n) is 11.0. The molecular formula is C15H13Cl2FOS. The summed E-state index contributed by atoms with van der Waals surface area (Å²) < 4.78 is 13.6. The number of rotatable bonds is 3. The van der Waals surface area contributed by atoms with Crippen LogP contribution < -0.4 is 0 Å². The Morgan fingerprint density at radius 1 is 1.15 bits per heavy atom. The first-order valence-corrected chi connectivity index (χ1v) is 7.56. The molecule has 106 valence electrons. The molecule has 2 aromatic rings. The third-order valence-corrected chi connectivity index (χ3v) is 4.66. The van der Waals surface area contributed by atoms with Crippen LogP contribution in [0.4, 0.5) is 4.39 Å². The molecule has 0 radical (unpaired) electrons. The van der Waals surface area contributed by atoms with E-state index in [-0.39, 0.29) is 5.82 Å². The van der Waals surface area contributed by atoms with Gasteiger partial charge in [0, 0.05) is 9.79 Å². The first-order chi connectivity index (χ1) is 9.38. The molecule has 0 aliphatic rings. The standard InChI is InChI=1S/C15H13Cl2FOS/c1-8-5-15(11(9(2)19)7-14(8)18)20-10-3-4-12(16)13(17)6-10/h3-7,9,19H,1-2H3. The van der Waals surface area contributed by atoms with Gasteiger partial charge in [0.2, 0.25) is 0 Å². The van der Waals surface area contributed by atoms with Gasteiger partial charge in [-0.1, -0.05) is 35.0 Å². The zero-order chi connectivity index (χ0) is 14.9. The summed E-state index contributed by atoms with van der Waals surface area (Å²) in [4.78, 5) is 1.68. The van der Waals surface area contributed by atoms with E-state index in [2.05, 4.69) is 0 Å². The van der Waals surface area contributed by atoms with Crippen molar-refractivity contribution < 1.29 is 9.50 Å². The summed E-state index contributed by atoms with van der Waals surface area (Å²) in [6.45, 7) is 3.31. The maximum Gasteiger partial charge on any atom is 0.126 e. The van der Waals surface area contributed by atoms with Gasteiger partial charge in [-0.05, 0) is 55.3 Å². The van der Waals surface area contributed by atoms with Crippen molar-refractivity contribution in [3.05, 3.63) is 57.3 Å². The molecule has 1 unspecified atom stereocenters. The first-order valence-electron chi connectivity index (χ1n) is 5.99. The van der Waals surface area contributed by atoms with Crippen LogP contribution in [0, 0.1) is 12.7 Å². The van der Waals surface area contributed by atoms with Crippen LogP contribution in [0.5, 0.6) is 0 Å². The molecule has 0 heterocycles. The highest BCUT2D eigenvalue weighted by Crippen LogP contribution is 2.37. The Labute approximate surface area is 131 Å². The lowest BCUT2D eigenvalue weighted by Gasteiger charge is -2.13. The molecule has 0 aliphatic carbocycles. The van der Waals surface area contributed by atoms with E-state index in [1.54, 1.807) is 32.0 Å². The minimum atomic E-state index is -0.740. The van der Waals surface area contributed by atoms with Crippen LogP contribution in [0.1, 0.15) is 24.2 Å². The van der Waals surface area contributed by atoms with Gasteiger partial charge in [-0.15, -0.1) is 0 Å². The largest absolute Gasteiger partial charge is 0.389 e. The van der Waals surface area contributed by atoms with Crippen molar-refractivity contribution in [2.24, 2.45) is 0 Å². The summed E-state index contributed by atoms with van der Waals surface area (Å²) >= 11 is 13.3. The van der Waals surface area contributed by atoms with Crippen LogP contribution in [0.15, 0.2) is 40.1 Å². The van der Waals surface area contributed by atoms with Crippen molar-refractivity contribution in [3.63, 3.8) is 0 Å². The number of hydrogen-bond acceptors (Lipinski definition) is 2. The summed E-state index contributed by atoms with van der Waals surface area (Å²) in [6, 6.07) is 8.40. The predicted octanol–water partition coefficient (Wildman–Crippen LogP) is 5.65. The van der Waals surface area contributed by atoms with Crippen LogP contribution >= 0.6 is 35.0 Å². The summed E-state index contributed by atoms with van der Waals surface area (Å²) in [5.41, 5.74) is 1.10. The molecule has 0 bridgehead atoms. The number of hydrogen-bond donors (Lipinski definition) is 1. The summed E-state index contributed by atoms with van der Waals surface area (Å²) in [7, 11) is 0. The smallest absolute Gasteiger partial charge is 0.126 e. The predicted molar refractivity (Wildman–Crippen MR) is 82.4 cm³/mol. The fourth-order valence-corrected chi connectivity index (χ4v) is 3.27. The number of aliphatic hydroxyl groups excluding tert-OH is 1. The monoisotopic (exact) mass is 330 g/mol. The number of halogens is 3. The van der Waals surface area contributed by atoms with Gasteiger partial charge in [0.05, 0.1) is 16.1 Å². The van der Waals surface area contributed by atoms with Crippen molar-refractivity contribution in [3.8, 4) is 0 Å². The average Bonchev–Trinajstić information content (AvgIpc) is 2.37. The fraction of sp³-hybridized carbons (Fsp3) is 0.200. The Bertz CT molecular complexity index is 644. The van der Waals surface area contributed by atoms with E-state index in [1.165, 1.54) is 17.8 Å². The van der Waals surface area contributed by atoms with E-state index in [4.69, 9.17) is 23.2 Å². The molecule has 0 fully saturated rings. The van der Waals surface area contributed by atoms with Crippen LogP contribution in [-0.2, 0) is 0 Å². The molecule has 2 rings (SSSR count). The molecule has 1 N–H and O–H groups in total. The van der Waals surface area contributed by atoms with Crippen molar-refractivity contribution in [1.82, 2.24) is 0 Å². The molecule has 1 nitrogen and oxygen atoms in total. The third kappa shape index (κ3) is 3.47. The summed E-state index contributed by atoms with van der Waals surface area (Å²) in [5, 5.41) is 10.7. The van der Waals surface area contributed by atoms with Crippen LogP contribution in [0.3, 0.4) is 0 Å². The Balaban J connectivity index is 2.41. The second-order valence-electron chi connectivity index (χ2n) is 4.49. The summed E-state index contributed by atoms with van der Waals surface area (Å²) in [6.07, 6.45) is -0.740. The van der Waals surface area contributed by atoms with Gasteiger partial charge in [0.1, 0.15) is 5.82 Å².